The van der Waals surface area contributed by atoms with Gasteiger partial charge in [0, 0.05) is 19.5 Å². The molecule has 1 unspecified atom stereocenters. The molecule has 0 radical (unpaired) electrons. The largest absolute Gasteiger partial charge is 0.465 e. The number of hydrogen-bond donors (Lipinski definition) is 0. The Morgan fingerprint density at radius 3 is 2.82 bits per heavy atom. The van der Waals surface area contributed by atoms with E-state index in [-0.39, 0.29) is 16.6 Å². The lowest BCUT2D eigenvalue weighted by Crippen LogP contribution is -2.28. The van der Waals surface area contributed by atoms with Gasteiger partial charge in [0.1, 0.15) is 5.52 Å². The average molecular weight is 325 g/mol. The highest BCUT2D eigenvalue weighted by Gasteiger charge is 2.35. The summed E-state index contributed by atoms with van der Waals surface area (Å²) in [4.78, 5) is 15.5. The van der Waals surface area contributed by atoms with Crippen LogP contribution in [0.4, 0.5) is 0 Å². The van der Waals surface area contributed by atoms with E-state index in [1.54, 1.807) is 0 Å². The summed E-state index contributed by atoms with van der Waals surface area (Å²) in [5.41, 5.74) is 0.663. The van der Waals surface area contributed by atoms with Gasteiger partial charge in [0.25, 0.3) is 5.25 Å². The maximum atomic E-state index is 11.6. The zero-order chi connectivity index (χ0) is 12.9. The first kappa shape index (κ1) is 14.4. The summed E-state index contributed by atoms with van der Waals surface area (Å²) in [6, 6.07) is 1.48. The molecule has 0 spiro atoms. The molecule has 0 bridgehead atoms. The molecule has 7 heteroatoms. The maximum absolute atomic E-state index is 11.6. The fourth-order valence-corrected chi connectivity index (χ4v) is 1.90. The van der Waals surface area contributed by atoms with Gasteiger partial charge in [-0.2, -0.15) is 0 Å². The molecule has 17 heavy (non-hydrogen) atoms. The number of nitrogens with zero attached hydrogens (tertiary/aromatic N) is 1. The van der Waals surface area contributed by atoms with E-state index in [2.05, 4.69) is 25.7 Å². The fourth-order valence-electron chi connectivity index (χ4n) is 1.24. The number of halogens is 2. The summed E-state index contributed by atoms with van der Waals surface area (Å²) < 4.78 is 14.9. The molecule has 1 atom stereocenters. The Balaban J connectivity index is 3.24. The lowest BCUT2D eigenvalue weighted by molar-refractivity contribution is -0.152. The van der Waals surface area contributed by atoms with Gasteiger partial charge in [0.15, 0.2) is 0 Å². The average Bonchev–Trinajstić information content (AvgIpc) is 2.38. The highest BCUT2D eigenvalue weighted by atomic mass is 79.9. The number of ether oxygens (including phenoxy) is 3. The van der Waals surface area contributed by atoms with Crippen molar-refractivity contribution < 1.29 is 19.0 Å². The number of carbonyl (C=O) groups excluding carboxylic acids is 1. The van der Waals surface area contributed by atoms with Crippen LogP contribution in [0.25, 0.3) is 0 Å². The minimum absolute atomic E-state index is 0.139. The number of alkyl halides is 2. The third kappa shape index (κ3) is 3.16. The van der Waals surface area contributed by atoms with Gasteiger partial charge in [-0.25, -0.2) is 4.79 Å². The monoisotopic (exact) mass is 323 g/mol. The molecule has 0 N–H and O–H groups in total. The summed E-state index contributed by atoms with van der Waals surface area (Å²) in [5, 5.41) is -1.58. The summed E-state index contributed by atoms with van der Waals surface area (Å²) in [5.74, 6) is -0.539. The van der Waals surface area contributed by atoms with Crippen LogP contribution < -0.4 is 0 Å². The first-order chi connectivity index (χ1) is 8.09. The number of pyridine rings is 1. The Kier molecular flexibility index (Phi) is 5.32. The second kappa shape index (κ2) is 6.30. The van der Waals surface area contributed by atoms with Crippen molar-refractivity contribution in [3.05, 3.63) is 29.6 Å². The standard InChI is InChI=1S/C10H11BrClNO4/c1-15-9(14)7-3-4-13-5-8(7)10(12,16-2)17-6-11/h3-5H,6H2,1-2H3. The van der Waals surface area contributed by atoms with Crippen molar-refractivity contribution in [2.45, 2.75) is 5.25 Å². The van der Waals surface area contributed by atoms with Gasteiger partial charge < -0.3 is 14.2 Å². The molecule has 0 amide bonds. The first-order valence-electron chi connectivity index (χ1n) is 4.55. The van der Waals surface area contributed by atoms with Crippen LogP contribution in [0.2, 0.25) is 0 Å². The second-order valence-corrected chi connectivity index (χ2v) is 3.86. The predicted molar refractivity (Wildman–Crippen MR) is 65.0 cm³/mol. The van der Waals surface area contributed by atoms with Crippen LogP contribution in [0, 0.1) is 0 Å². The first-order valence-corrected chi connectivity index (χ1v) is 6.05. The molecule has 1 aromatic rings. The SMILES string of the molecule is COC(=O)c1ccncc1C(Cl)(OC)OCBr. The number of aromatic nitrogens is 1. The van der Waals surface area contributed by atoms with Gasteiger partial charge in [-0.1, -0.05) is 27.5 Å². The number of carbonyl (C=O) groups is 1. The van der Waals surface area contributed by atoms with E-state index in [1.165, 1.54) is 32.7 Å². The molecule has 1 heterocycles. The number of hydrogen-bond acceptors (Lipinski definition) is 5. The summed E-state index contributed by atoms with van der Waals surface area (Å²) >= 11 is 9.21. The lowest BCUT2D eigenvalue weighted by atomic mass is 10.1. The molecular formula is C10H11BrClNO4. The van der Waals surface area contributed by atoms with Crippen LogP contribution in [0.5, 0.6) is 0 Å². The van der Waals surface area contributed by atoms with E-state index in [4.69, 9.17) is 21.1 Å². The van der Waals surface area contributed by atoms with Gasteiger partial charge >= 0.3 is 5.97 Å². The molecule has 0 aliphatic heterocycles. The number of esters is 1. The lowest BCUT2D eigenvalue weighted by Gasteiger charge is -2.25. The third-order valence-corrected chi connectivity index (χ3v) is 2.75. The van der Waals surface area contributed by atoms with E-state index in [9.17, 15) is 4.79 Å². The smallest absolute Gasteiger partial charge is 0.338 e. The Morgan fingerprint density at radius 1 is 1.59 bits per heavy atom. The Labute approximate surface area is 112 Å². The highest BCUT2D eigenvalue weighted by molar-refractivity contribution is 9.09. The van der Waals surface area contributed by atoms with Gasteiger partial charge in [-0.15, -0.1) is 0 Å². The minimum atomic E-state index is -1.58. The molecule has 1 rings (SSSR count). The van der Waals surface area contributed by atoms with Crippen LogP contribution in [0.1, 0.15) is 15.9 Å². The van der Waals surface area contributed by atoms with Crippen molar-refractivity contribution in [3.63, 3.8) is 0 Å². The van der Waals surface area contributed by atoms with Gasteiger partial charge in [0.05, 0.1) is 18.2 Å². The van der Waals surface area contributed by atoms with E-state index < -0.39 is 11.2 Å². The quantitative estimate of drug-likeness (QED) is 0.472. The second-order valence-electron chi connectivity index (χ2n) is 2.91. The van der Waals surface area contributed by atoms with Gasteiger partial charge in [-0.3, -0.25) is 4.98 Å². The minimum Gasteiger partial charge on any atom is -0.465 e. The van der Waals surface area contributed by atoms with Gasteiger partial charge in [0.2, 0.25) is 0 Å². The van der Waals surface area contributed by atoms with Crippen molar-refractivity contribution >= 4 is 33.5 Å². The molecule has 0 aliphatic rings. The van der Waals surface area contributed by atoms with Crippen molar-refractivity contribution in [3.8, 4) is 0 Å². The fraction of sp³-hybridized carbons (Fsp3) is 0.400. The molecule has 94 valence electrons. The van der Waals surface area contributed by atoms with Crippen LogP contribution in [0.3, 0.4) is 0 Å². The Morgan fingerprint density at radius 2 is 2.29 bits per heavy atom. The van der Waals surface area contributed by atoms with E-state index in [1.807, 2.05) is 0 Å². The molecule has 0 saturated heterocycles. The highest BCUT2D eigenvalue weighted by Crippen LogP contribution is 2.33. The summed E-state index contributed by atoms with van der Waals surface area (Å²) in [6.45, 7) is 0. The third-order valence-electron chi connectivity index (χ3n) is 2.05. The predicted octanol–water partition coefficient (Wildman–Crippen LogP) is 2.23. The summed E-state index contributed by atoms with van der Waals surface area (Å²) in [7, 11) is 2.64. The zero-order valence-corrected chi connectivity index (χ0v) is 11.6. The topological polar surface area (TPSA) is 57.7 Å². The zero-order valence-electron chi connectivity index (χ0n) is 9.28. The van der Waals surface area contributed by atoms with Crippen molar-refractivity contribution in [2.24, 2.45) is 0 Å². The van der Waals surface area contributed by atoms with Gasteiger partial charge in [-0.05, 0) is 6.07 Å². The molecule has 0 saturated carbocycles. The summed E-state index contributed by atoms with van der Waals surface area (Å²) in [6.07, 6.45) is 2.85. The number of rotatable bonds is 5. The normalized spacial score (nSPS) is 14.1. The maximum Gasteiger partial charge on any atom is 0.338 e. The molecule has 1 aromatic heterocycles. The van der Waals surface area contributed by atoms with Crippen LogP contribution in [-0.4, -0.2) is 30.7 Å². The van der Waals surface area contributed by atoms with Crippen LogP contribution in [-0.2, 0) is 19.5 Å². The Bertz CT molecular complexity index is 404. The van der Waals surface area contributed by atoms with Crippen LogP contribution >= 0.6 is 27.5 Å². The Hall–Kier alpha value is -0.690. The molecular weight excluding hydrogens is 313 g/mol. The van der Waals surface area contributed by atoms with Crippen molar-refractivity contribution in [1.82, 2.24) is 4.98 Å². The molecule has 0 aromatic carbocycles. The van der Waals surface area contributed by atoms with Crippen LogP contribution in [0.15, 0.2) is 18.5 Å². The van der Waals surface area contributed by atoms with Crippen molar-refractivity contribution in [1.29, 1.82) is 0 Å². The molecule has 5 nitrogen and oxygen atoms in total. The van der Waals surface area contributed by atoms with E-state index in [0.29, 0.717) is 0 Å². The van der Waals surface area contributed by atoms with Crippen molar-refractivity contribution in [2.75, 3.05) is 19.7 Å². The van der Waals surface area contributed by atoms with E-state index in [0.717, 1.165) is 0 Å². The molecule has 0 fully saturated rings. The molecule has 0 aliphatic carbocycles. The van der Waals surface area contributed by atoms with E-state index >= 15 is 0 Å². The number of methoxy groups -OCH3 is 2.